The maximum Gasteiger partial charge on any atom is 0.234 e. The molecule has 0 aliphatic carbocycles. The van der Waals surface area contributed by atoms with Crippen LogP contribution in [-0.4, -0.2) is 60.6 Å². The molecule has 0 saturated carbocycles. The highest BCUT2D eigenvalue weighted by molar-refractivity contribution is 5.99. The summed E-state index contributed by atoms with van der Waals surface area (Å²) in [4.78, 5) is 26.5. The summed E-state index contributed by atoms with van der Waals surface area (Å²) in [6.07, 6.45) is 0. The average Bonchev–Trinajstić information content (AvgIpc) is 2.94. The van der Waals surface area contributed by atoms with Crippen LogP contribution in [0.5, 0.6) is 11.5 Å². The third-order valence-electron chi connectivity index (χ3n) is 4.79. The van der Waals surface area contributed by atoms with Crippen molar-refractivity contribution in [1.82, 2.24) is 14.8 Å². The summed E-state index contributed by atoms with van der Waals surface area (Å²) in [5, 5.41) is 2.84. The van der Waals surface area contributed by atoms with Crippen molar-refractivity contribution in [3.63, 3.8) is 0 Å². The van der Waals surface area contributed by atoms with Crippen molar-refractivity contribution in [1.29, 1.82) is 0 Å². The number of ether oxygens (including phenoxy) is 2. The fourth-order valence-electron chi connectivity index (χ4n) is 3.61. The van der Waals surface area contributed by atoms with Crippen molar-refractivity contribution in [3.05, 3.63) is 41.2 Å². The quantitative estimate of drug-likeness (QED) is 0.725. The number of benzene rings is 1. The van der Waals surface area contributed by atoms with Gasteiger partial charge >= 0.3 is 0 Å². The number of nitrogens with one attached hydrogen (secondary N) is 1. The van der Waals surface area contributed by atoms with Crippen LogP contribution in [-0.2, 0) is 4.79 Å². The number of nitrogens with zero attached hydrogens (tertiary/aromatic N) is 2. The van der Waals surface area contributed by atoms with Crippen molar-refractivity contribution in [2.75, 3.05) is 33.4 Å². The Labute approximate surface area is 171 Å². The minimum Gasteiger partial charge on any atom is -0.486 e. The number of hydrogen-bond donors (Lipinski definition) is 1. The number of amides is 1. The molecule has 29 heavy (non-hydrogen) atoms. The lowest BCUT2D eigenvalue weighted by Gasteiger charge is -2.20. The van der Waals surface area contributed by atoms with Gasteiger partial charge in [-0.1, -0.05) is 0 Å². The molecule has 0 radical (unpaired) electrons. The number of rotatable bonds is 7. The van der Waals surface area contributed by atoms with Crippen molar-refractivity contribution in [3.8, 4) is 17.2 Å². The summed E-state index contributed by atoms with van der Waals surface area (Å²) in [5.74, 6) is 1.35. The molecule has 1 aromatic heterocycles. The summed E-state index contributed by atoms with van der Waals surface area (Å²) in [6.45, 7) is 9.17. The van der Waals surface area contributed by atoms with E-state index in [0.29, 0.717) is 24.5 Å². The van der Waals surface area contributed by atoms with Gasteiger partial charge in [-0.05, 0) is 52.9 Å². The molecule has 1 aromatic carbocycles. The van der Waals surface area contributed by atoms with Gasteiger partial charge in [0.1, 0.15) is 13.2 Å². The van der Waals surface area contributed by atoms with Crippen LogP contribution in [0.3, 0.4) is 0 Å². The van der Waals surface area contributed by atoms with E-state index in [2.05, 4.69) is 5.32 Å². The van der Waals surface area contributed by atoms with Gasteiger partial charge in [0.2, 0.25) is 5.91 Å². The molecular formula is C22H29N3O4. The van der Waals surface area contributed by atoms with Gasteiger partial charge < -0.3 is 19.4 Å². The highest BCUT2D eigenvalue weighted by Crippen LogP contribution is 2.33. The lowest BCUT2D eigenvalue weighted by molar-refractivity contribution is -0.122. The van der Waals surface area contributed by atoms with Crippen LogP contribution in [0.2, 0.25) is 0 Å². The molecule has 0 unspecified atom stereocenters. The van der Waals surface area contributed by atoms with Gasteiger partial charge in [0.15, 0.2) is 17.3 Å². The number of fused-ring (bicyclic) bond motifs is 1. The highest BCUT2D eigenvalue weighted by Gasteiger charge is 2.20. The molecule has 0 spiro atoms. The van der Waals surface area contributed by atoms with Crippen molar-refractivity contribution < 1.29 is 19.1 Å². The molecule has 1 N–H and O–H groups in total. The summed E-state index contributed by atoms with van der Waals surface area (Å²) >= 11 is 0. The fourth-order valence-corrected chi connectivity index (χ4v) is 3.61. The van der Waals surface area contributed by atoms with Gasteiger partial charge in [-0.25, -0.2) is 0 Å². The average molecular weight is 399 g/mol. The van der Waals surface area contributed by atoms with Crippen LogP contribution >= 0.6 is 0 Å². The SMILES string of the molecule is Cc1cc(C(=O)CN(C)CC(=O)NC(C)C)c(C)n1-c1ccc2c(c1)OCCO2. The number of hydrogen-bond acceptors (Lipinski definition) is 5. The zero-order valence-corrected chi connectivity index (χ0v) is 17.7. The Morgan fingerprint density at radius 2 is 1.79 bits per heavy atom. The molecular weight excluding hydrogens is 370 g/mol. The molecule has 3 rings (SSSR count). The molecule has 1 amide bonds. The Kier molecular flexibility index (Phi) is 6.27. The minimum absolute atomic E-state index is 0.0123. The van der Waals surface area contributed by atoms with Gasteiger partial charge in [-0.15, -0.1) is 0 Å². The van der Waals surface area contributed by atoms with Crippen molar-refractivity contribution in [2.24, 2.45) is 0 Å². The summed E-state index contributed by atoms with van der Waals surface area (Å²) in [7, 11) is 1.78. The maximum atomic E-state index is 12.9. The van der Waals surface area contributed by atoms with Crippen LogP contribution in [0.15, 0.2) is 24.3 Å². The van der Waals surface area contributed by atoms with E-state index in [-0.39, 0.29) is 30.8 Å². The summed E-state index contributed by atoms with van der Waals surface area (Å²) < 4.78 is 13.3. The number of aryl methyl sites for hydroxylation is 1. The summed E-state index contributed by atoms with van der Waals surface area (Å²) in [6, 6.07) is 7.77. The van der Waals surface area contributed by atoms with Crippen LogP contribution in [0.1, 0.15) is 35.6 Å². The Hall–Kier alpha value is -2.80. The Balaban J connectivity index is 1.77. The molecule has 0 saturated heterocycles. The number of likely N-dealkylation sites (N-methyl/N-ethyl adjacent to an activating group) is 1. The smallest absolute Gasteiger partial charge is 0.234 e. The number of carbonyl (C=O) groups is 2. The monoisotopic (exact) mass is 399 g/mol. The highest BCUT2D eigenvalue weighted by atomic mass is 16.6. The lowest BCUT2D eigenvalue weighted by atomic mass is 10.1. The van der Waals surface area contributed by atoms with Gasteiger partial charge in [-0.2, -0.15) is 0 Å². The number of aromatic nitrogens is 1. The number of ketones is 1. The first-order valence-electron chi connectivity index (χ1n) is 9.86. The van der Waals surface area contributed by atoms with E-state index < -0.39 is 0 Å². The third-order valence-corrected chi connectivity index (χ3v) is 4.79. The van der Waals surface area contributed by atoms with E-state index in [1.54, 1.807) is 11.9 Å². The Morgan fingerprint density at radius 3 is 2.48 bits per heavy atom. The second-order valence-corrected chi connectivity index (χ2v) is 7.77. The van der Waals surface area contributed by atoms with E-state index in [0.717, 1.165) is 22.8 Å². The Bertz CT molecular complexity index is 917. The predicted octanol–water partition coefficient (Wildman–Crippen LogP) is 2.50. The molecule has 7 heteroatoms. The van der Waals surface area contributed by atoms with Crippen LogP contribution < -0.4 is 14.8 Å². The number of Topliss-reactive ketones (excluding diaryl/α,β-unsaturated/α-hetero) is 1. The topological polar surface area (TPSA) is 72.8 Å². The first kappa shape index (κ1) is 20.9. The zero-order valence-electron chi connectivity index (χ0n) is 17.7. The van der Waals surface area contributed by atoms with Crippen LogP contribution in [0.4, 0.5) is 0 Å². The minimum atomic E-state index is -0.0861. The van der Waals surface area contributed by atoms with Crippen molar-refractivity contribution >= 4 is 11.7 Å². The van der Waals surface area contributed by atoms with E-state index in [1.165, 1.54) is 0 Å². The van der Waals surface area contributed by atoms with Gasteiger partial charge in [0, 0.05) is 34.7 Å². The fraction of sp³-hybridized carbons (Fsp3) is 0.455. The molecule has 156 valence electrons. The first-order valence-corrected chi connectivity index (χ1v) is 9.86. The van der Waals surface area contributed by atoms with Crippen molar-refractivity contribution in [2.45, 2.75) is 33.7 Å². The second kappa shape index (κ2) is 8.69. The second-order valence-electron chi connectivity index (χ2n) is 7.77. The van der Waals surface area contributed by atoms with E-state index >= 15 is 0 Å². The molecule has 2 aromatic rings. The van der Waals surface area contributed by atoms with Gasteiger partial charge in [0.25, 0.3) is 0 Å². The molecule has 0 fully saturated rings. The lowest BCUT2D eigenvalue weighted by Crippen LogP contribution is -2.40. The number of carbonyl (C=O) groups excluding carboxylic acids is 2. The predicted molar refractivity (Wildman–Crippen MR) is 111 cm³/mol. The Morgan fingerprint density at radius 1 is 1.10 bits per heavy atom. The molecule has 0 bridgehead atoms. The van der Waals surface area contributed by atoms with E-state index in [1.807, 2.05) is 56.5 Å². The van der Waals surface area contributed by atoms with E-state index in [9.17, 15) is 9.59 Å². The largest absolute Gasteiger partial charge is 0.486 e. The normalized spacial score (nSPS) is 13.1. The molecule has 2 heterocycles. The first-order chi connectivity index (χ1) is 13.8. The van der Waals surface area contributed by atoms with Crippen LogP contribution in [0, 0.1) is 13.8 Å². The van der Waals surface area contributed by atoms with Gasteiger partial charge in [0.05, 0.1) is 13.1 Å². The molecule has 0 atom stereocenters. The summed E-state index contributed by atoms with van der Waals surface area (Å²) in [5.41, 5.74) is 3.41. The zero-order chi connectivity index (χ0) is 21.1. The van der Waals surface area contributed by atoms with Gasteiger partial charge in [-0.3, -0.25) is 14.5 Å². The molecule has 7 nitrogen and oxygen atoms in total. The van der Waals surface area contributed by atoms with E-state index in [4.69, 9.17) is 9.47 Å². The standard InChI is InChI=1S/C22H29N3O4/c1-14(2)23-22(27)13-24(5)12-19(26)18-10-15(3)25(16(18)4)17-6-7-20-21(11-17)29-9-8-28-20/h6-7,10-11,14H,8-9,12-13H2,1-5H3,(H,23,27). The maximum absolute atomic E-state index is 12.9. The molecule has 1 aliphatic rings. The molecule has 1 aliphatic heterocycles. The van der Waals surface area contributed by atoms with Crippen LogP contribution in [0.25, 0.3) is 5.69 Å². The third kappa shape index (κ3) is 4.79.